The average Bonchev–Trinajstić information content (AvgIpc) is 2.73. The molecular weight excluding hydrogens is 390 g/mol. The van der Waals surface area contributed by atoms with Crippen molar-refractivity contribution in [3.63, 3.8) is 0 Å². The Morgan fingerprint density at radius 2 is 1.16 bits per heavy atom. The van der Waals surface area contributed by atoms with Crippen LogP contribution in [0.25, 0.3) is 0 Å². The van der Waals surface area contributed by atoms with Crippen molar-refractivity contribution in [1.82, 2.24) is 5.32 Å². The number of aliphatic hydroxyl groups is 1. The average molecular weight is 440 g/mol. The Labute approximate surface area is 191 Å². The minimum absolute atomic E-state index is 0.297. The third-order valence-corrected chi connectivity index (χ3v) is 5.73. The molecule has 0 saturated carbocycles. The van der Waals surface area contributed by atoms with Gasteiger partial charge in [0.1, 0.15) is 0 Å². The van der Waals surface area contributed by atoms with Gasteiger partial charge in [-0.3, -0.25) is 4.79 Å². The number of amides is 1. The molecule has 3 N–H and O–H groups in total. The molecule has 0 aliphatic carbocycles. The summed E-state index contributed by atoms with van der Waals surface area (Å²) in [6, 6.07) is -1.22. The van der Waals surface area contributed by atoms with Gasteiger partial charge in [0.25, 0.3) is 0 Å². The summed E-state index contributed by atoms with van der Waals surface area (Å²) in [5, 5.41) is 20.7. The highest BCUT2D eigenvalue weighted by molar-refractivity contribution is 5.83. The van der Waals surface area contributed by atoms with Crippen LogP contribution in [0, 0.1) is 0 Å². The summed E-state index contributed by atoms with van der Waals surface area (Å²) in [5.41, 5.74) is 0. The third kappa shape index (κ3) is 20.3. The van der Waals surface area contributed by atoms with Crippen molar-refractivity contribution >= 4 is 11.9 Å². The minimum atomic E-state index is -1.22. The summed E-state index contributed by atoms with van der Waals surface area (Å²) in [6.07, 6.45) is 25.2. The lowest BCUT2D eigenvalue weighted by Gasteiger charge is -2.16. The predicted octanol–water partition coefficient (Wildman–Crippen LogP) is 6.53. The van der Waals surface area contributed by atoms with Crippen LogP contribution in [-0.4, -0.2) is 34.2 Å². The van der Waals surface area contributed by atoms with E-state index in [1.807, 2.05) is 0 Å². The van der Waals surface area contributed by atoms with Gasteiger partial charge in [0.2, 0.25) is 5.91 Å². The van der Waals surface area contributed by atoms with E-state index in [4.69, 9.17) is 5.11 Å². The van der Waals surface area contributed by atoms with Crippen LogP contribution in [-0.2, 0) is 9.59 Å². The molecule has 0 spiro atoms. The molecule has 0 rings (SSSR count). The molecule has 0 radical (unpaired) electrons. The predicted molar refractivity (Wildman–Crippen MR) is 129 cm³/mol. The number of carboxylic acid groups (broad SMARTS) is 1. The molecule has 0 aliphatic heterocycles. The van der Waals surface area contributed by atoms with Gasteiger partial charge in [0, 0.05) is 6.42 Å². The van der Waals surface area contributed by atoms with Crippen LogP contribution in [0.3, 0.4) is 0 Å². The lowest BCUT2D eigenvalue weighted by atomic mass is 10.0. The molecule has 0 aromatic carbocycles. The van der Waals surface area contributed by atoms with Crippen molar-refractivity contribution in [2.24, 2.45) is 0 Å². The van der Waals surface area contributed by atoms with Crippen LogP contribution in [0.4, 0.5) is 0 Å². The van der Waals surface area contributed by atoms with Crippen molar-refractivity contribution in [3.8, 4) is 0 Å². The van der Waals surface area contributed by atoms with Gasteiger partial charge in [-0.05, 0) is 39.0 Å². The molecule has 5 nitrogen and oxygen atoms in total. The maximum atomic E-state index is 11.8. The topological polar surface area (TPSA) is 86.6 Å². The highest BCUT2D eigenvalue weighted by Crippen LogP contribution is 2.12. The SMILES string of the molecule is CCCCCCCC/C=C\CCCCCCCCCCCC(=O)N[C@H](C(=O)O)[C@@H](C)O. The number of aliphatic carboxylic acids is 1. The van der Waals surface area contributed by atoms with Gasteiger partial charge >= 0.3 is 5.97 Å². The first-order valence-electron chi connectivity index (χ1n) is 12.8. The van der Waals surface area contributed by atoms with Crippen LogP contribution < -0.4 is 5.32 Å². The maximum Gasteiger partial charge on any atom is 0.328 e. The van der Waals surface area contributed by atoms with Crippen molar-refractivity contribution in [1.29, 1.82) is 0 Å². The molecule has 0 heterocycles. The molecule has 0 aromatic heterocycles. The fraction of sp³-hybridized carbons (Fsp3) is 0.846. The second kappa shape index (κ2) is 21.9. The summed E-state index contributed by atoms with van der Waals surface area (Å²) in [6.45, 7) is 3.63. The summed E-state index contributed by atoms with van der Waals surface area (Å²) >= 11 is 0. The zero-order chi connectivity index (χ0) is 23.2. The molecule has 0 fully saturated rings. The van der Waals surface area contributed by atoms with Crippen LogP contribution in [0.15, 0.2) is 12.2 Å². The molecule has 0 aromatic rings. The second-order valence-corrected chi connectivity index (χ2v) is 8.87. The number of rotatable bonds is 22. The minimum Gasteiger partial charge on any atom is -0.480 e. The monoisotopic (exact) mass is 439 g/mol. The number of unbranched alkanes of at least 4 members (excludes halogenated alkanes) is 15. The second-order valence-electron chi connectivity index (χ2n) is 8.87. The number of nitrogens with one attached hydrogen (secondary N) is 1. The Bertz CT molecular complexity index is 462. The van der Waals surface area contributed by atoms with E-state index < -0.39 is 18.1 Å². The van der Waals surface area contributed by atoms with Gasteiger partial charge in [-0.25, -0.2) is 4.79 Å². The molecule has 31 heavy (non-hydrogen) atoms. The van der Waals surface area contributed by atoms with Gasteiger partial charge < -0.3 is 15.5 Å². The Hall–Kier alpha value is -1.36. The quantitative estimate of drug-likeness (QED) is 0.132. The number of aliphatic hydroxyl groups excluding tert-OH is 1. The third-order valence-electron chi connectivity index (χ3n) is 5.73. The fourth-order valence-corrected chi connectivity index (χ4v) is 3.70. The molecule has 0 bridgehead atoms. The lowest BCUT2D eigenvalue weighted by Crippen LogP contribution is -2.47. The molecule has 182 valence electrons. The van der Waals surface area contributed by atoms with Crippen molar-refractivity contribution < 1.29 is 19.8 Å². The number of carbonyl (C=O) groups is 2. The Balaban J connectivity index is 3.35. The summed E-state index contributed by atoms with van der Waals surface area (Å²) < 4.78 is 0. The Morgan fingerprint density at radius 1 is 0.742 bits per heavy atom. The van der Waals surface area contributed by atoms with Gasteiger partial charge in [-0.1, -0.05) is 96.1 Å². The van der Waals surface area contributed by atoms with E-state index in [1.54, 1.807) is 0 Å². The smallest absolute Gasteiger partial charge is 0.328 e. The van der Waals surface area contributed by atoms with E-state index in [-0.39, 0.29) is 5.91 Å². The van der Waals surface area contributed by atoms with E-state index >= 15 is 0 Å². The van der Waals surface area contributed by atoms with Crippen LogP contribution >= 0.6 is 0 Å². The number of hydrogen-bond acceptors (Lipinski definition) is 3. The van der Waals surface area contributed by atoms with E-state index in [0.717, 1.165) is 19.3 Å². The first kappa shape index (κ1) is 29.6. The zero-order valence-electron chi connectivity index (χ0n) is 20.2. The van der Waals surface area contributed by atoms with E-state index in [9.17, 15) is 14.7 Å². The number of carboxylic acids is 1. The Morgan fingerprint density at radius 3 is 1.58 bits per heavy atom. The summed E-state index contributed by atoms with van der Waals surface area (Å²) in [4.78, 5) is 22.7. The van der Waals surface area contributed by atoms with Crippen LogP contribution in [0.1, 0.15) is 129 Å². The van der Waals surface area contributed by atoms with E-state index in [1.165, 1.54) is 96.8 Å². The first-order valence-corrected chi connectivity index (χ1v) is 12.8. The standard InChI is InChI=1S/C26H49NO4/c1-3-4-5-6-7-8-9-10-11-12-13-14-15-16-17-18-19-20-21-22-24(29)27-25(23(2)28)26(30)31/h10-11,23,25,28H,3-9,12-22H2,1-2H3,(H,27,29)(H,30,31)/b11-10-/t23-,25+/m1/s1. The molecule has 0 aliphatic rings. The highest BCUT2D eigenvalue weighted by atomic mass is 16.4. The van der Waals surface area contributed by atoms with Crippen LogP contribution in [0.5, 0.6) is 0 Å². The van der Waals surface area contributed by atoms with Crippen molar-refractivity contribution in [2.75, 3.05) is 0 Å². The lowest BCUT2D eigenvalue weighted by molar-refractivity contribution is -0.144. The molecule has 5 heteroatoms. The fourth-order valence-electron chi connectivity index (χ4n) is 3.70. The van der Waals surface area contributed by atoms with Gasteiger partial charge in [0.15, 0.2) is 6.04 Å². The summed E-state index contributed by atoms with van der Waals surface area (Å²) in [7, 11) is 0. The largest absolute Gasteiger partial charge is 0.480 e. The van der Waals surface area contributed by atoms with E-state index in [0.29, 0.717) is 6.42 Å². The molecule has 2 atom stereocenters. The zero-order valence-corrected chi connectivity index (χ0v) is 20.2. The van der Waals surface area contributed by atoms with Crippen LogP contribution in [0.2, 0.25) is 0 Å². The number of carbonyl (C=O) groups excluding carboxylic acids is 1. The molecule has 1 amide bonds. The molecular formula is C26H49NO4. The van der Waals surface area contributed by atoms with Crippen molar-refractivity contribution in [3.05, 3.63) is 12.2 Å². The molecule has 0 saturated heterocycles. The van der Waals surface area contributed by atoms with Gasteiger partial charge in [-0.2, -0.15) is 0 Å². The normalized spacial score (nSPS) is 13.4. The Kier molecular flexibility index (Phi) is 20.9. The summed E-state index contributed by atoms with van der Waals surface area (Å²) in [5.74, 6) is -1.50. The first-order chi connectivity index (χ1) is 15.0. The van der Waals surface area contributed by atoms with Gasteiger partial charge in [0.05, 0.1) is 6.10 Å². The molecule has 0 unspecified atom stereocenters. The maximum absolute atomic E-state index is 11.8. The number of allylic oxidation sites excluding steroid dienone is 2. The highest BCUT2D eigenvalue weighted by Gasteiger charge is 2.24. The van der Waals surface area contributed by atoms with Crippen molar-refractivity contribution in [2.45, 2.75) is 142 Å². The van der Waals surface area contributed by atoms with Gasteiger partial charge in [-0.15, -0.1) is 0 Å². The number of hydrogen-bond donors (Lipinski definition) is 3. The van der Waals surface area contributed by atoms with E-state index in [2.05, 4.69) is 24.4 Å².